The summed E-state index contributed by atoms with van der Waals surface area (Å²) in [4.78, 5) is 17.0. The Hall–Kier alpha value is -3.41. The zero-order valence-electron chi connectivity index (χ0n) is 15.5. The molecule has 0 unspecified atom stereocenters. The lowest BCUT2D eigenvalue weighted by Crippen LogP contribution is -2.20. The van der Waals surface area contributed by atoms with Gasteiger partial charge < -0.3 is 9.73 Å². The largest absolute Gasteiger partial charge is 0.464 e. The normalized spacial score (nSPS) is 11.1. The zero-order chi connectivity index (χ0) is 19.0. The molecule has 0 atom stereocenters. The van der Waals surface area contributed by atoms with Gasteiger partial charge in [0.05, 0.1) is 17.3 Å². The van der Waals surface area contributed by atoms with Crippen molar-refractivity contribution in [3.05, 3.63) is 65.7 Å². The number of amides is 1. The van der Waals surface area contributed by atoms with Gasteiger partial charge in [0.15, 0.2) is 5.65 Å². The SMILES string of the molecule is Cc1ccc(C)c(NC(=O)Cn2nc(C)c3c(-c4ccco4)ccnc32)c1. The van der Waals surface area contributed by atoms with E-state index in [0.717, 1.165) is 39.2 Å². The standard InChI is InChI=1S/C21H20N4O2/c1-13-6-7-14(2)17(11-13)23-19(26)12-25-21-20(15(3)24-25)16(8-9-22-21)18-5-4-10-27-18/h4-11H,12H2,1-3H3,(H,23,26). The summed E-state index contributed by atoms with van der Waals surface area (Å²) in [7, 11) is 0. The Balaban J connectivity index is 1.66. The van der Waals surface area contributed by atoms with E-state index in [1.807, 2.05) is 57.2 Å². The van der Waals surface area contributed by atoms with E-state index >= 15 is 0 Å². The molecule has 0 saturated carbocycles. The molecule has 1 aromatic carbocycles. The smallest absolute Gasteiger partial charge is 0.246 e. The minimum atomic E-state index is -0.140. The second-order valence-corrected chi connectivity index (χ2v) is 6.64. The zero-order valence-corrected chi connectivity index (χ0v) is 15.5. The van der Waals surface area contributed by atoms with Crippen LogP contribution in [0.2, 0.25) is 0 Å². The van der Waals surface area contributed by atoms with Crippen molar-refractivity contribution in [2.24, 2.45) is 0 Å². The number of rotatable bonds is 4. The van der Waals surface area contributed by atoms with Crippen molar-refractivity contribution in [3.8, 4) is 11.3 Å². The van der Waals surface area contributed by atoms with Crippen LogP contribution in [0.3, 0.4) is 0 Å². The molecule has 1 amide bonds. The number of hydrogen-bond acceptors (Lipinski definition) is 4. The maximum absolute atomic E-state index is 12.6. The Kier molecular flexibility index (Phi) is 4.24. The van der Waals surface area contributed by atoms with Gasteiger partial charge >= 0.3 is 0 Å². The molecule has 0 aliphatic carbocycles. The molecule has 0 fully saturated rings. The van der Waals surface area contributed by atoms with Gasteiger partial charge in [-0.2, -0.15) is 5.10 Å². The summed E-state index contributed by atoms with van der Waals surface area (Å²) < 4.78 is 7.17. The van der Waals surface area contributed by atoms with Crippen LogP contribution >= 0.6 is 0 Å². The lowest BCUT2D eigenvalue weighted by Gasteiger charge is -2.10. The topological polar surface area (TPSA) is 73.0 Å². The van der Waals surface area contributed by atoms with E-state index in [2.05, 4.69) is 15.4 Å². The van der Waals surface area contributed by atoms with E-state index in [0.29, 0.717) is 5.65 Å². The fraction of sp³-hybridized carbons (Fsp3) is 0.190. The number of fused-ring (bicyclic) bond motifs is 1. The first-order valence-electron chi connectivity index (χ1n) is 8.76. The number of benzene rings is 1. The summed E-state index contributed by atoms with van der Waals surface area (Å²) in [6.07, 6.45) is 3.35. The van der Waals surface area contributed by atoms with Gasteiger partial charge in [-0.05, 0) is 56.2 Å². The summed E-state index contributed by atoms with van der Waals surface area (Å²) in [5.74, 6) is 0.614. The molecule has 27 heavy (non-hydrogen) atoms. The van der Waals surface area contributed by atoms with Crippen molar-refractivity contribution >= 4 is 22.6 Å². The minimum absolute atomic E-state index is 0.0896. The molecule has 136 valence electrons. The summed E-state index contributed by atoms with van der Waals surface area (Å²) in [5, 5.41) is 8.40. The maximum Gasteiger partial charge on any atom is 0.246 e. The van der Waals surface area contributed by atoms with Crippen molar-refractivity contribution < 1.29 is 9.21 Å². The van der Waals surface area contributed by atoms with Crippen LogP contribution in [0.5, 0.6) is 0 Å². The number of furan rings is 1. The molecule has 4 aromatic rings. The maximum atomic E-state index is 12.6. The van der Waals surface area contributed by atoms with E-state index in [4.69, 9.17) is 4.42 Å². The third-order valence-corrected chi connectivity index (χ3v) is 4.56. The van der Waals surface area contributed by atoms with Gasteiger partial charge in [0.25, 0.3) is 0 Å². The predicted molar refractivity (Wildman–Crippen MR) is 105 cm³/mol. The minimum Gasteiger partial charge on any atom is -0.464 e. The number of aromatic nitrogens is 3. The molecule has 3 aromatic heterocycles. The van der Waals surface area contributed by atoms with Crippen LogP contribution in [-0.2, 0) is 11.3 Å². The number of nitrogens with zero attached hydrogens (tertiary/aromatic N) is 3. The second-order valence-electron chi connectivity index (χ2n) is 6.64. The summed E-state index contributed by atoms with van der Waals surface area (Å²) >= 11 is 0. The molecule has 0 saturated heterocycles. The van der Waals surface area contributed by atoms with Gasteiger partial charge in [-0.25, -0.2) is 9.67 Å². The third-order valence-electron chi connectivity index (χ3n) is 4.56. The molecule has 0 aliphatic heterocycles. The van der Waals surface area contributed by atoms with Crippen molar-refractivity contribution in [3.63, 3.8) is 0 Å². The van der Waals surface area contributed by atoms with Crippen LogP contribution in [-0.4, -0.2) is 20.7 Å². The molecule has 6 nitrogen and oxygen atoms in total. The predicted octanol–water partition coefficient (Wildman–Crippen LogP) is 4.26. The number of hydrogen-bond donors (Lipinski definition) is 1. The van der Waals surface area contributed by atoms with Crippen LogP contribution in [0.25, 0.3) is 22.4 Å². The van der Waals surface area contributed by atoms with E-state index in [-0.39, 0.29) is 12.5 Å². The van der Waals surface area contributed by atoms with Gasteiger partial charge in [-0.1, -0.05) is 12.1 Å². The lowest BCUT2D eigenvalue weighted by molar-refractivity contribution is -0.116. The number of nitrogens with one attached hydrogen (secondary N) is 1. The number of carbonyl (C=O) groups is 1. The average molecular weight is 360 g/mol. The van der Waals surface area contributed by atoms with E-state index in [9.17, 15) is 4.79 Å². The number of carbonyl (C=O) groups excluding carboxylic acids is 1. The molecule has 0 radical (unpaired) electrons. The first-order valence-corrected chi connectivity index (χ1v) is 8.76. The molecule has 1 N–H and O–H groups in total. The van der Waals surface area contributed by atoms with Crippen LogP contribution in [0, 0.1) is 20.8 Å². The molecule has 0 spiro atoms. The molecular weight excluding hydrogens is 340 g/mol. The molecular formula is C21H20N4O2. The van der Waals surface area contributed by atoms with Gasteiger partial charge in [-0.3, -0.25) is 4.79 Å². The van der Waals surface area contributed by atoms with Crippen LogP contribution in [0.15, 0.2) is 53.3 Å². The number of anilines is 1. The van der Waals surface area contributed by atoms with Crippen LogP contribution < -0.4 is 5.32 Å². The van der Waals surface area contributed by atoms with E-state index < -0.39 is 0 Å². The molecule has 3 heterocycles. The molecule has 6 heteroatoms. The van der Waals surface area contributed by atoms with Gasteiger partial charge in [0, 0.05) is 17.4 Å². The van der Waals surface area contributed by atoms with Gasteiger partial charge in [0.2, 0.25) is 5.91 Å². The van der Waals surface area contributed by atoms with Crippen molar-refractivity contribution in [1.29, 1.82) is 0 Å². The molecule has 0 aliphatic rings. The quantitative estimate of drug-likeness (QED) is 0.590. The van der Waals surface area contributed by atoms with E-state index in [1.165, 1.54) is 0 Å². The monoisotopic (exact) mass is 360 g/mol. The Labute approximate surface area is 156 Å². The van der Waals surface area contributed by atoms with Gasteiger partial charge in [0.1, 0.15) is 12.3 Å². The molecule has 4 rings (SSSR count). The number of pyridine rings is 1. The molecule has 0 bridgehead atoms. The summed E-state index contributed by atoms with van der Waals surface area (Å²) in [5.41, 5.74) is 5.33. The summed E-state index contributed by atoms with van der Waals surface area (Å²) in [6, 6.07) is 11.6. The lowest BCUT2D eigenvalue weighted by atomic mass is 10.1. The fourth-order valence-electron chi connectivity index (χ4n) is 3.23. The van der Waals surface area contributed by atoms with E-state index in [1.54, 1.807) is 17.1 Å². The highest BCUT2D eigenvalue weighted by atomic mass is 16.3. The number of aryl methyl sites for hydroxylation is 3. The van der Waals surface area contributed by atoms with Gasteiger partial charge in [-0.15, -0.1) is 0 Å². The Bertz CT molecular complexity index is 1130. The van der Waals surface area contributed by atoms with Crippen molar-refractivity contribution in [2.75, 3.05) is 5.32 Å². The highest BCUT2D eigenvalue weighted by Crippen LogP contribution is 2.30. The highest BCUT2D eigenvalue weighted by molar-refractivity contribution is 5.95. The van der Waals surface area contributed by atoms with Crippen LogP contribution in [0.1, 0.15) is 16.8 Å². The summed E-state index contributed by atoms with van der Waals surface area (Å²) in [6.45, 7) is 5.97. The average Bonchev–Trinajstić information content (AvgIpc) is 3.27. The second kappa shape index (κ2) is 6.72. The Morgan fingerprint density at radius 1 is 1.19 bits per heavy atom. The van der Waals surface area contributed by atoms with Crippen molar-refractivity contribution in [1.82, 2.24) is 14.8 Å². The Morgan fingerprint density at radius 2 is 2.04 bits per heavy atom. The fourth-order valence-corrected chi connectivity index (χ4v) is 3.23. The van der Waals surface area contributed by atoms with Crippen LogP contribution in [0.4, 0.5) is 5.69 Å². The first kappa shape index (κ1) is 17.0. The third kappa shape index (κ3) is 3.21. The highest BCUT2D eigenvalue weighted by Gasteiger charge is 2.17. The van der Waals surface area contributed by atoms with Crippen molar-refractivity contribution in [2.45, 2.75) is 27.3 Å². The first-order chi connectivity index (χ1) is 13.0. The Morgan fingerprint density at radius 3 is 2.81 bits per heavy atom.